The molecular formula is C61H93N9O9. The Hall–Kier alpha value is -6.33. The van der Waals surface area contributed by atoms with E-state index in [4.69, 9.17) is 0 Å². The number of carbonyl (C=O) groups excluding carboxylic acids is 9. The van der Waals surface area contributed by atoms with E-state index < -0.39 is 95.5 Å². The van der Waals surface area contributed by atoms with Crippen molar-refractivity contribution in [1.82, 2.24) is 47.0 Å². The minimum Gasteiger partial charge on any atom is -0.356 e. The van der Waals surface area contributed by atoms with Crippen LogP contribution < -0.4 is 37.2 Å². The third-order valence-corrected chi connectivity index (χ3v) is 16.0. The number of nitrogens with zero attached hydrogens (tertiary/aromatic N) is 2. The van der Waals surface area contributed by atoms with E-state index in [9.17, 15) is 43.2 Å². The lowest BCUT2D eigenvalue weighted by Gasteiger charge is -2.34. The molecular weight excluding hydrogens is 1000 g/mol. The Bertz CT molecular complexity index is 2370. The summed E-state index contributed by atoms with van der Waals surface area (Å²) in [4.78, 5) is 133. The van der Waals surface area contributed by atoms with Gasteiger partial charge in [-0.2, -0.15) is 0 Å². The highest BCUT2D eigenvalue weighted by atomic mass is 16.2. The predicted molar refractivity (Wildman–Crippen MR) is 304 cm³/mol. The van der Waals surface area contributed by atoms with Crippen LogP contribution >= 0.6 is 0 Å². The zero-order valence-electron chi connectivity index (χ0n) is 48.7. The number of hydrogen-bond donors (Lipinski definition) is 7. The first kappa shape index (κ1) is 63.5. The Kier molecular flexibility index (Phi) is 24.8. The van der Waals surface area contributed by atoms with E-state index in [-0.39, 0.29) is 86.7 Å². The highest BCUT2D eigenvalue weighted by Gasteiger charge is 2.45. The van der Waals surface area contributed by atoms with Crippen LogP contribution in [0, 0.1) is 41.4 Å². The summed E-state index contributed by atoms with van der Waals surface area (Å²) in [7, 11) is 0. The van der Waals surface area contributed by atoms with Gasteiger partial charge in [0.15, 0.2) is 0 Å². The molecule has 7 N–H and O–H groups in total. The molecule has 79 heavy (non-hydrogen) atoms. The second-order valence-electron chi connectivity index (χ2n) is 23.9. The normalized spacial score (nSPS) is 27.2. The molecule has 11 atom stereocenters. The van der Waals surface area contributed by atoms with Crippen molar-refractivity contribution >= 4 is 53.2 Å². The number of amides is 9. The van der Waals surface area contributed by atoms with Crippen LogP contribution in [0.15, 0.2) is 60.7 Å². The standard InChI is InChI=1S/C61H93N9O9/c1-11-40(9)53-58(76)65-47(30-38(5)6)56(74)66-52(39(7)8)61(79)70-28-20-26-49(70)60(78)69-27-19-25-48(69)57(75)63-36-44(31-42-21-15-13-16-22-42)33-50(71)62-35-45(32-43-23-17-14-18-24-43)34-51(72)64-46(29-37(3)4)55(73)67-54(41(10)12-2)59(77)68-53/h13-18,21-24,37-41,44-49,52-54H,11-12,19-20,25-36H2,1-10H3,(H,62,71)(H,63,75)(H,64,72)(H,65,76)(H,66,74)(H,67,73)(H,68,77)/t40-,41-,44+,45-,46-,47-,48-,49-,52-,53-,54-/m0/s1. The molecule has 5 rings (SSSR count). The van der Waals surface area contributed by atoms with Gasteiger partial charge in [-0.25, -0.2) is 0 Å². The van der Waals surface area contributed by atoms with Gasteiger partial charge in [-0.05, 0) is 104 Å². The summed E-state index contributed by atoms with van der Waals surface area (Å²) >= 11 is 0. The molecule has 0 radical (unpaired) electrons. The summed E-state index contributed by atoms with van der Waals surface area (Å²) in [6.07, 6.45) is 4.34. The maximum atomic E-state index is 14.7. The second kappa shape index (κ2) is 30.9. The van der Waals surface area contributed by atoms with Gasteiger partial charge in [0.05, 0.1) is 0 Å². The molecule has 3 heterocycles. The molecule has 3 aliphatic rings. The van der Waals surface area contributed by atoms with Crippen molar-refractivity contribution in [3.8, 4) is 0 Å². The Labute approximate surface area is 469 Å². The highest BCUT2D eigenvalue weighted by molar-refractivity contribution is 5.98. The van der Waals surface area contributed by atoms with E-state index in [0.29, 0.717) is 57.9 Å². The molecule has 18 heteroatoms. The molecule has 2 aromatic rings. The van der Waals surface area contributed by atoms with Gasteiger partial charge in [0.2, 0.25) is 53.2 Å². The number of rotatable bonds is 13. The average Bonchev–Trinajstić information content (AvgIpc) is 4.24. The third kappa shape index (κ3) is 18.9. The van der Waals surface area contributed by atoms with Crippen molar-refractivity contribution in [2.24, 2.45) is 41.4 Å². The minimum absolute atomic E-state index is 0.0289. The smallest absolute Gasteiger partial charge is 0.246 e. The molecule has 3 fully saturated rings. The molecule has 0 aliphatic carbocycles. The SMILES string of the molecule is CC[C@H](C)[C@@H]1NC(=O)[C@H](CC(C)C)NC(=O)C[C@H](Cc2ccccc2)CNC(=O)C[C@@H](Cc2ccccc2)CNC(=O)[C@@H]2CCCN2C(=O)[C@@H]2CCCN2C(=O)[C@H](C(C)C)NC(=O)[C@H](CC(C)C)NC(=O)[C@H]([C@@H](C)CC)NC1=O. The number of hydrogen-bond acceptors (Lipinski definition) is 9. The molecule has 0 unspecified atom stereocenters. The van der Waals surface area contributed by atoms with Gasteiger partial charge < -0.3 is 47.0 Å². The van der Waals surface area contributed by atoms with Gasteiger partial charge in [-0.15, -0.1) is 0 Å². The zero-order valence-corrected chi connectivity index (χ0v) is 48.7. The lowest BCUT2D eigenvalue weighted by molar-refractivity contribution is -0.148. The molecule has 0 aromatic heterocycles. The summed E-state index contributed by atoms with van der Waals surface area (Å²) < 4.78 is 0. The van der Waals surface area contributed by atoms with Crippen LogP contribution in [0.1, 0.15) is 145 Å². The number of carbonyl (C=O) groups is 9. The Morgan fingerprint density at radius 3 is 1.39 bits per heavy atom. The largest absolute Gasteiger partial charge is 0.356 e. The van der Waals surface area contributed by atoms with Crippen molar-refractivity contribution in [3.05, 3.63) is 71.8 Å². The lowest BCUT2D eigenvalue weighted by atomic mass is 9.93. The van der Waals surface area contributed by atoms with Crippen molar-refractivity contribution < 1.29 is 43.2 Å². The fraction of sp³-hybridized carbons (Fsp3) is 0.656. The van der Waals surface area contributed by atoms with Crippen LogP contribution in [0.4, 0.5) is 0 Å². The second-order valence-corrected chi connectivity index (χ2v) is 23.9. The van der Waals surface area contributed by atoms with Crippen molar-refractivity contribution in [2.45, 2.75) is 189 Å². The fourth-order valence-corrected chi connectivity index (χ4v) is 11.1. The van der Waals surface area contributed by atoms with Crippen LogP contribution in [-0.4, -0.2) is 131 Å². The number of benzene rings is 2. The van der Waals surface area contributed by atoms with Crippen LogP contribution in [0.3, 0.4) is 0 Å². The topological polar surface area (TPSA) is 244 Å². The molecule has 3 saturated heterocycles. The monoisotopic (exact) mass is 1100 g/mol. The third-order valence-electron chi connectivity index (χ3n) is 16.0. The summed E-state index contributed by atoms with van der Waals surface area (Å²) in [6, 6.07) is 12.3. The van der Waals surface area contributed by atoms with Crippen LogP contribution in [0.5, 0.6) is 0 Å². The summed E-state index contributed by atoms with van der Waals surface area (Å²) in [6.45, 7) is 19.6. The fourth-order valence-electron chi connectivity index (χ4n) is 11.1. The number of nitrogens with one attached hydrogen (secondary N) is 7. The summed E-state index contributed by atoms with van der Waals surface area (Å²) in [5.74, 6) is -6.17. The van der Waals surface area contributed by atoms with Gasteiger partial charge >= 0.3 is 0 Å². The number of fused-ring (bicyclic) bond motifs is 2. The lowest BCUT2D eigenvalue weighted by Crippen LogP contribution is -2.62. The Morgan fingerprint density at radius 1 is 0.468 bits per heavy atom. The maximum Gasteiger partial charge on any atom is 0.246 e. The van der Waals surface area contributed by atoms with E-state index in [0.717, 1.165) is 11.1 Å². The van der Waals surface area contributed by atoms with Gasteiger partial charge in [-0.1, -0.05) is 143 Å². The molecule has 3 aliphatic heterocycles. The van der Waals surface area contributed by atoms with Gasteiger partial charge in [-0.3, -0.25) is 43.2 Å². The molecule has 0 saturated carbocycles. The molecule has 436 valence electrons. The molecule has 2 aromatic carbocycles. The van der Waals surface area contributed by atoms with Crippen molar-refractivity contribution in [2.75, 3.05) is 26.2 Å². The maximum absolute atomic E-state index is 14.7. The minimum atomic E-state index is -1.12. The van der Waals surface area contributed by atoms with Gasteiger partial charge in [0.25, 0.3) is 0 Å². The Morgan fingerprint density at radius 2 is 0.899 bits per heavy atom. The first-order valence-electron chi connectivity index (χ1n) is 29.3. The van der Waals surface area contributed by atoms with Crippen LogP contribution in [-0.2, 0) is 56.0 Å². The predicted octanol–water partition coefficient (Wildman–Crippen LogP) is 4.98. The van der Waals surface area contributed by atoms with Gasteiger partial charge in [0, 0.05) is 39.0 Å². The van der Waals surface area contributed by atoms with E-state index in [2.05, 4.69) is 37.2 Å². The first-order valence-corrected chi connectivity index (χ1v) is 29.3. The highest BCUT2D eigenvalue weighted by Crippen LogP contribution is 2.27. The van der Waals surface area contributed by atoms with E-state index in [1.165, 1.54) is 4.90 Å². The first-order chi connectivity index (χ1) is 37.6. The van der Waals surface area contributed by atoms with Crippen LogP contribution in [0.25, 0.3) is 0 Å². The van der Waals surface area contributed by atoms with E-state index in [1.807, 2.05) is 116 Å². The van der Waals surface area contributed by atoms with Gasteiger partial charge in [0.1, 0.15) is 42.3 Å². The van der Waals surface area contributed by atoms with E-state index >= 15 is 0 Å². The van der Waals surface area contributed by atoms with Crippen molar-refractivity contribution in [3.63, 3.8) is 0 Å². The summed E-state index contributed by atoms with van der Waals surface area (Å²) in [5, 5.41) is 20.8. The molecule has 9 amide bonds. The quantitative estimate of drug-likeness (QED) is 0.143. The van der Waals surface area contributed by atoms with E-state index in [1.54, 1.807) is 18.7 Å². The average molecular weight is 1100 g/mol. The molecule has 18 nitrogen and oxygen atoms in total. The van der Waals surface area contributed by atoms with Crippen molar-refractivity contribution in [1.29, 1.82) is 0 Å². The molecule has 0 bridgehead atoms. The zero-order chi connectivity index (χ0) is 57.9. The Balaban J connectivity index is 1.51. The summed E-state index contributed by atoms with van der Waals surface area (Å²) in [5.41, 5.74) is 1.94. The molecule has 0 spiro atoms. The van der Waals surface area contributed by atoms with Crippen LogP contribution in [0.2, 0.25) is 0 Å².